The van der Waals surface area contributed by atoms with E-state index >= 15 is 0 Å². The molecule has 0 aliphatic heterocycles. The molecule has 4 heteroatoms. The zero-order valence-electron chi connectivity index (χ0n) is 12.4. The van der Waals surface area contributed by atoms with Gasteiger partial charge < -0.3 is 10.4 Å². The zero-order chi connectivity index (χ0) is 15.5. The first-order valence-electron chi connectivity index (χ1n) is 7.89. The van der Waals surface area contributed by atoms with Crippen molar-refractivity contribution in [3.8, 4) is 0 Å². The Kier molecular flexibility index (Phi) is 4.27. The maximum absolute atomic E-state index is 12.4. The number of aliphatic carboxylic acids is 1. The summed E-state index contributed by atoms with van der Waals surface area (Å²) in [7, 11) is 0. The largest absolute Gasteiger partial charge is 0.481 e. The molecule has 4 nitrogen and oxygen atoms in total. The van der Waals surface area contributed by atoms with Crippen LogP contribution in [-0.2, 0) is 16.0 Å². The Balaban J connectivity index is 1.50. The van der Waals surface area contributed by atoms with Crippen LogP contribution in [0.3, 0.4) is 0 Å². The number of carboxylic acids is 1. The maximum Gasteiger partial charge on any atom is 0.307 e. The monoisotopic (exact) mass is 299 g/mol. The third kappa shape index (κ3) is 2.91. The van der Waals surface area contributed by atoms with Crippen molar-refractivity contribution in [2.24, 2.45) is 23.7 Å². The highest BCUT2D eigenvalue weighted by Gasteiger charge is 2.51. The average Bonchev–Trinajstić information content (AvgIpc) is 3.13. The van der Waals surface area contributed by atoms with Crippen LogP contribution < -0.4 is 5.32 Å². The van der Waals surface area contributed by atoms with E-state index in [0.717, 1.165) is 19.3 Å². The number of nitrogens with one attached hydrogen (secondary N) is 1. The maximum atomic E-state index is 12.4. The number of fused-ring (bicyclic) bond motifs is 2. The second kappa shape index (κ2) is 6.34. The van der Waals surface area contributed by atoms with Gasteiger partial charge in [-0.15, -0.1) is 0 Å². The van der Waals surface area contributed by atoms with Gasteiger partial charge in [0.25, 0.3) is 0 Å². The average molecular weight is 299 g/mol. The topological polar surface area (TPSA) is 66.4 Å². The number of hydrogen-bond acceptors (Lipinski definition) is 2. The first-order chi connectivity index (χ1) is 10.7. The molecule has 1 fully saturated rings. The van der Waals surface area contributed by atoms with Crippen LogP contribution in [0, 0.1) is 23.7 Å². The van der Waals surface area contributed by atoms with E-state index < -0.39 is 17.8 Å². The summed E-state index contributed by atoms with van der Waals surface area (Å²) in [5.41, 5.74) is 1.25. The van der Waals surface area contributed by atoms with Crippen LogP contribution >= 0.6 is 0 Å². The molecule has 0 spiro atoms. The predicted octanol–water partition coefficient (Wildman–Crippen LogP) is 2.26. The van der Waals surface area contributed by atoms with Gasteiger partial charge in [0.15, 0.2) is 0 Å². The minimum Gasteiger partial charge on any atom is -0.481 e. The van der Waals surface area contributed by atoms with E-state index in [-0.39, 0.29) is 17.7 Å². The summed E-state index contributed by atoms with van der Waals surface area (Å²) in [5.74, 6) is -1.77. The number of allylic oxidation sites excluding steroid dienone is 2. The van der Waals surface area contributed by atoms with Crippen molar-refractivity contribution in [1.82, 2.24) is 5.32 Å². The van der Waals surface area contributed by atoms with E-state index in [1.807, 2.05) is 30.4 Å². The standard InChI is InChI=1S/C18H21NO3/c20-17(19-10-4-7-12-5-2-1-3-6-12)15-13-8-9-14(11-13)16(15)18(21)22/h1-3,5-6,8-9,13-16H,4,7,10-11H2,(H,19,20)(H,21,22)/t13-,14+,15+,16+/m1/s1. The molecule has 2 N–H and O–H groups in total. The van der Waals surface area contributed by atoms with Gasteiger partial charge in [0, 0.05) is 6.54 Å². The van der Waals surface area contributed by atoms with Gasteiger partial charge in [0.2, 0.25) is 5.91 Å². The minimum absolute atomic E-state index is 0.0302. The predicted molar refractivity (Wildman–Crippen MR) is 83.1 cm³/mol. The minimum atomic E-state index is -0.846. The summed E-state index contributed by atoms with van der Waals surface area (Å²) < 4.78 is 0. The van der Waals surface area contributed by atoms with Crippen molar-refractivity contribution in [1.29, 1.82) is 0 Å². The molecule has 2 aliphatic rings. The second-order valence-corrected chi connectivity index (χ2v) is 6.22. The van der Waals surface area contributed by atoms with E-state index in [9.17, 15) is 14.7 Å². The fourth-order valence-electron chi connectivity index (χ4n) is 3.78. The lowest BCUT2D eigenvalue weighted by Gasteiger charge is -2.23. The number of carboxylic acid groups (broad SMARTS) is 1. The summed E-state index contributed by atoms with van der Waals surface area (Å²) in [4.78, 5) is 23.8. The van der Waals surface area contributed by atoms with Crippen molar-refractivity contribution >= 4 is 11.9 Å². The summed E-state index contributed by atoms with van der Waals surface area (Å²) in [6.07, 6.45) is 6.56. The fourth-order valence-corrected chi connectivity index (χ4v) is 3.78. The molecular weight excluding hydrogens is 278 g/mol. The molecule has 0 saturated heterocycles. The number of rotatable bonds is 6. The molecule has 1 saturated carbocycles. The number of aryl methyl sites for hydroxylation is 1. The van der Waals surface area contributed by atoms with Crippen molar-refractivity contribution < 1.29 is 14.7 Å². The van der Waals surface area contributed by atoms with Crippen molar-refractivity contribution in [3.05, 3.63) is 48.0 Å². The molecule has 0 unspecified atom stereocenters. The van der Waals surface area contributed by atoms with Crippen molar-refractivity contribution in [2.45, 2.75) is 19.3 Å². The van der Waals surface area contributed by atoms with Crippen LogP contribution in [0.15, 0.2) is 42.5 Å². The van der Waals surface area contributed by atoms with Gasteiger partial charge in [0.1, 0.15) is 0 Å². The Bertz CT molecular complexity index is 581. The molecule has 0 radical (unpaired) electrons. The number of amides is 1. The highest BCUT2D eigenvalue weighted by atomic mass is 16.4. The van der Waals surface area contributed by atoms with Crippen LogP contribution in [-0.4, -0.2) is 23.5 Å². The van der Waals surface area contributed by atoms with Gasteiger partial charge in [0.05, 0.1) is 11.8 Å². The van der Waals surface area contributed by atoms with Crippen LogP contribution in [0.1, 0.15) is 18.4 Å². The molecule has 2 aliphatic carbocycles. The molecule has 4 atom stereocenters. The van der Waals surface area contributed by atoms with Gasteiger partial charge in [-0.25, -0.2) is 0 Å². The molecule has 116 valence electrons. The first-order valence-corrected chi connectivity index (χ1v) is 7.89. The number of hydrogen-bond donors (Lipinski definition) is 2. The van der Waals surface area contributed by atoms with Crippen LogP contribution in [0.25, 0.3) is 0 Å². The highest BCUT2D eigenvalue weighted by Crippen LogP contribution is 2.48. The Morgan fingerprint density at radius 1 is 1.09 bits per heavy atom. The fraction of sp³-hybridized carbons (Fsp3) is 0.444. The van der Waals surface area contributed by atoms with Gasteiger partial charge in [-0.2, -0.15) is 0 Å². The molecule has 3 rings (SSSR count). The van der Waals surface area contributed by atoms with Gasteiger partial charge >= 0.3 is 5.97 Å². The molecule has 1 amide bonds. The summed E-state index contributed by atoms with van der Waals surface area (Å²) >= 11 is 0. The van der Waals surface area contributed by atoms with E-state index in [1.54, 1.807) is 0 Å². The molecular formula is C18H21NO3. The van der Waals surface area contributed by atoms with Crippen LogP contribution in [0.4, 0.5) is 0 Å². The Morgan fingerprint density at radius 3 is 2.45 bits per heavy atom. The molecule has 1 aromatic carbocycles. The van der Waals surface area contributed by atoms with Crippen LogP contribution in [0.5, 0.6) is 0 Å². The summed E-state index contributed by atoms with van der Waals surface area (Å²) in [6, 6.07) is 10.1. The van der Waals surface area contributed by atoms with Gasteiger partial charge in [-0.1, -0.05) is 42.5 Å². The third-order valence-corrected chi connectivity index (χ3v) is 4.83. The lowest BCUT2D eigenvalue weighted by atomic mass is 9.82. The summed E-state index contributed by atoms with van der Waals surface area (Å²) in [6.45, 7) is 0.595. The van der Waals surface area contributed by atoms with Crippen molar-refractivity contribution in [2.75, 3.05) is 6.54 Å². The SMILES string of the molecule is O=C(NCCCc1ccccc1)[C@@H]1[C@@H](C(=O)O)[C@H]2C=C[C@@H]1C2. The number of benzene rings is 1. The highest BCUT2D eigenvalue weighted by molar-refractivity contribution is 5.86. The van der Waals surface area contributed by atoms with Gasteiger partial charge in [-0.05, 0) is 36.7 Å². The molecule has 0 heterocycles. The van der Waals surface area contributed by atoms with E-state index in [0.29, 0.717) is 6.54 Å². The summed E-state index contributed by atoms with van der Waals surface area (Å²) in [5, 5.41) is 12.3. The van der Waals surface area contributed by atoms with E-state index in [4.69, 9.17) is 0 Å². The second-order valence-electron chi connectivity index (χ2n) is 6.22. The molecule has 22 heavy (non-hydrogen) atoms. The quantitative estimate of drug-likeness (QED) is 0.625. The normalized spacial score (nSPS) is 28.7. The van der Waals surface area contributed by atoms with E-state index in [1.165, 1.54) is 5.56 Å². The molecule has 0 aromatic heterocycles. The zero-order valence-corrected chi connectivity index (χ0v) is 12.4. The lowest BCUT2D eigenvalue weighted by molar-refractivity contribution is -0.147. The Hall–Kier alpha value is -2.10. The Labute approximate surface area is 130 Å². The number of carbonyl (C=O) groups excluding carboxylic acids is 1. The number of carbonyl (C=O) groups is 2. The van der Waals surface area contributed by atoms with Crippen LogP contribution in [0.2, 0.25) is 0 Å². The Morgan fingerprint density at radius 2 is 1.77 bits per heavy atom. The third-order valence-electron chi connectivity index (χ3n) is 4.83. The first kappa shape index (κ1) is 14.8. The van der Waals surface area contributed by atoms with Gasteiger partial charge in [-0.3, -0.25) is 9.59 Å². The molecule has 1 aromatic rings. The van der Waals surface area contributed by atoms with E-state index in [2.05, 4.69) is 17.4 Å². The lowest BCUT2D eigenvalue weighted by Crippen LogP contribution is -2.40. The van der Waals surface area contributed by atoms with Crippen molar-refractivity contribution in [3.63, 3.8) is 0 Å². The smallest absolute Gasteiger partial charge is 0.307 e. The molecule has 2 bridgehead atoms.